The first-order valence-electron chi connectivity index (χ1n) is 6.39. The molecule has 0 heterocycles. The van der Waals surface area contributed by atoms with E-state index in [-0.39, 0.29) is 0 Å². The van der Waals surface area contributed by atoms with Crippen molar-refractivity contribution in [2.24, 2.45) is 0 Å². The molecule has 0 bridgehead atoms. The second kappa shape index (κ2) is 5.86. The third kappa shape index (κ3) is 2.97. The fourth-order valence-corrected chi connectivity index (χ4v) is 2.72. The number of rotatable bonds is 3. The van der Waals surface area contributed by atoms with E-state index < -0.39 is 0 Å². The van der Waals surface area contributed by atoms with Gasteiger partial charge in [-0.2, -0.15) is 0 Å². The second-order valence-electron chi connectivity index (χ2n) is 4.66. The smallest absolute Gasteiger partial charge is 0.0638 e. The molecule has 100 valence electrons. The lowest BCUT2D eigenvalue weighted by Crippen LogP contribution is -1.99. The molecular weight excluding hydrogens is 334 g/mol. The Morgan fingerprint density at radius 1 is 0.900 bits per heavy atom. The molecule has 0 amide bonds. The van der Waals surface area contributed by atoms with E-state index in [0.717, 1.165) is 21.7 Å². The van der Waals surface area contributed by atoms with Gasteiger partial charge in [-0.3, -0.25) is 0 Å². The van der Waals surface area contributed by atoms with Gasteiger partial charge in [0.1, 0.15) is 0 Å². The zero-order valence-electron chi connectivity index (χ0n) is 10.7. The first-order chi connectivity index (χ1) is 9.72. The Morgan fingerprint density at radius 3 is 2.55 bits per heavy atom. The van der Waals surface area contributed by atoms with Crippen LogP contribution < -0.4 is 5.32 Å². The van der Waals surface area contributed by atoms with Gasteiger partial charge in [-0.05, 0) is 40.6 Å². The van der Waals surface area contributed by atoms with E-state index in [0.29, 0.717) is 0 Å². The molecule has 1 N–H and O–H groups in total. The zero-order valence-corrected chi connectivity index (χ0v) is 13.1. The molecule has 0 aliphatic rings. The predicted octanol–water partition coefficient (Wildman–Crippen LogP) is 5.87. The van der Waals surface area contributed by atoms with Gasteiger partial charge < -0.3 is 5.32 Å². The van der Waals surface area contributed by atoms with E-state index in [1.54, 1.807) is 0 Å². The van der Waals surface area contributed by atoms with Gasteiger partial charge in [0.15, 0.2) is 0 Å². The molecule has 3 rings (SSSR count). The predicted molar refractivity (Wildman–Crippen MR) is 90.4 cm³/mol. The third-order valence-electron chi connectivity index (χ3n) is 3.23. The maximum atomic E-state index is 6.17. The summed E-state index contributed by atoms with van der Waals surface area (Å²) in [5.41, 5.74) is 2.17. The van der Waals surface area contributed by atoms with Crippen LogP contribution in [0, 0.1) is 0 Å². The van der Waals surface area contributed by atoms with Crippen LogP contribution >= 0.6 is 27.5 Å². The van der Waals surface area contributed by atoms with Crippen LogP contribution in [0.2, 0.25) is 5.02 Å². The third-order valence-corrected chi connectivity index (χ3v) is 4.05. The number of hydrogen-bond acceptors (Lipinski definition) is 1. The SMILES string of the molecule is Clc1ccc(Br)cc1NCc1ccc2ccccc2c1. The highest BCUT2D eigenvalue weighted by molar-refractivity contribution is 9.10. The van der Waals surface area contributed by atoms with Crippen molar-refractivity contribution in [1.82, 2.24) is 0 Å². The Hall–Kier alpha value is -1.51. The first kappa shape index (κ1) is 13.5. The normalized spacial score (nSPS) is 10.7. The summed E-state index contributed by atoms with van der Waals surface area (Å²) in [7, 11) is 0. The maximum absolute atomic E-state index is 6.17. The van der Waals surface area contributed by atoms with Gasteiger partial charge in [-0.15, -0.1) is 0 Å². The largest absolute Gasteiger partial charge is 0.380 e. The molecule has 0 unspecified atom stereocenters. The van der Waals surface area contributed by atoms with Crippen molar-refractivity contribution in [2.75, 3.05) is 5.32 Å². The number of halogens is 2. The average Bonchev–Trinajstić information content (AvgIpc) is 2.48. The minimum absolute atomic E-state index is 0.731. The summed E-state index contributed by atoms with van der Waals surface area (Å²) < 4.78 is 1.02. The fourth-order valence-electron chi connectivity index (χ4n) is 2.18. The van der Waals surface area contributed by atoms with Crippen LogP contribution in [0.1, 0.15) is 5.56 Å². The minimum atomic E-state index is 0.731. The summed E-state index contributed by atoms with van der Waals surface area (Å²) in [6.45, 7) is 0.751. The van der Waals surface area contributed by atoms with Gasteiger partial charge in [0.2, 0.25) is 0 Å². The number of hydrogen-bond donors (Lipinski definition) is 1. The molecule has 0 spiro atoms. The number of benzene rings is 3. The Bertz CT molecular complexity index is 755. The van der Waals surface area contributed by atoms with E-state index >= 15 is 0 Å². The van der Waals surface area contributed by atoms with Crippen molar-refractivity contribution >= 4 is 44.0 Å². The summed E-state index contributed by atoms with van der Waals surface area (Å²) in [6, 6.07) is 20.7. The zero-order chi connectivity index (χ0) is 13.9. The van der Waals surface area contributed by atoms with Crippen LogP contribution in [0.3, 0.4) is 0 Å². The van der Waals surface area contributed by atoms with Crippen LogP contribution in [0.5, 0.6) is 0 Å². The van der Waals surface area contributed by atoms with Crippen LogP contribution in [0.25, 0.3) is 10.8 Å². The van der Waals surface area contributed by atoms with E-state index in [2.05, 4.69) is 63.7 Å². The van der Waals surface area contributed by atoms with Crippen molar-refractivity contribution in [3.63, 3.8) is 0 Å². The van der Waals surface area contributed by atoms with E-state index in [1.165, 1.54) is 16.3 Å². The van der Waals surface area contributed by atoms with Crippen LogP contribution in [-0.2, 0) is 6.54 Å². The maximum Gasteiger partial charge on any atom is 0.0638 e. The van der Waals surface area contributed by atoms with Gasteiger partial charge in [-0.1, -0.05) is 63.9 Å². The molecule has 0 aliphatic heterocycles. The molecule has 3 aromatic carbocycles. The highest BCUT2D eigenvalue weighted by Gasteiger charge is 2.01. The minimum Gasteiger partial charge on any atom is -0.380 e. The van der Waals surface area contributed by atoms with Crippen LogP contribution in [0.4, 0.5) is 5.69 Å². The molecule has 0 aliphatic carbocycles. The lowest BCUT2D eigenvalue weighted by atomic mass is 10.1. The van der Waals surface area contributed by atoms with E-state index in [9.17, 15) is 0 Å². The molecule has 3 aromatic rings. The van der Waals surface area contributed by atoms with Gasteiger partial charge in [0.25, 0.3) is 0 Å². The quantitative estimate of drug-likeness (QED) is 0.625. The van der Waals surface area contributed by atoms with Crippen molar-refractivity contribution in [2.45, 2.75) is 6.54 Å². The van der Waals surface area contributed by atoms with Gasteiger partial charge in [-0.25, -0.2) is 0 Å². The summed E-state index contributed by atoms with van der Waals surface area (Å²) in [5, 5.41) is 6.62. The average molecular weight is 347 g/mol. The standard InChI is InChI=1S/C17H13BrClN/c18-15-7-8-16(19)17(10-15)20-11-12-5-6-13-3-1-2-4-14(13)9-12/h1-10,20H,11H2. The molecule has 20 heavy (non-hydrogen) atoms. The monoisotopic (exact) mass is 345 g/mol. The van der Waals surface area contributed by atoms with Crippen molar-refractivity contribution in [1.29, 1.82) is 0 Å². The molecule has 1 nitrogen and oxygen atoms in total. The first-order valence-corrected chi connectivity index (χ1v) is 7.56. The number of nitrogens with one attached hydrogen (secondary N) is 1. The molecule has 3 heteroatoms. The highest BCUT2D eigenvalue weighted by atomic mass is 79.9. The summed E-state index contributed by atoms with van der Waals surface area (Å²) in [6.07, 6.45) is 0. The van der Waals surface area contributed by atoms with Crippen molar-refractivity contribution < 1.29 is 0 Å². The van der Waals surface area contributed by atoms with E-state index in [1.807, 2.05) is 18.2 Å². The topological polar surface area (TPSA) is 12.0 Å². The van der Waals surface area contributed by atoms with Gasteiger partial charge in [0.05, 0.1) is 10.7 Å². The summed E-state index contributed by atoms with van der Waals surface area (Å²) in [4.78, 5) is 0. The van der Waals surface area contributed by atoms with Gasteiger partial charge in [0, 0.05) is 11.0 Å². The van der Waals surface area contributed by atoms with Crippen LogP contribution in [-0.4, -0.2) is 0 Å². The second-order valence-corrected chi connectivity index (χ2v) is 5.98. The van der Waals surface area contributed by atoms with Crippen molar-refractivity contribution in [3.05, 3.63) is 75.7 Å². The molecule has 0 saturated heterocycles. The van der Waals surface area contributed by atoms with Gasteiger partial charge >= 0.3 is 0 Å². The summed E-state index contributed by atoms with van der Waals surface area (Å²) in [5.74, 6) is 0. The number of fused-ring (bicyclic) bond motifs is 1. The molecule has 0 atom stereocenters. The Labute approximate surface area is 131 Å². The lowest BCUT2D eigenvalue weighted by molar-refractivity contribution is 1.15. The lowest BCUT2D eigenvalue weighted by Gasteiger charge is -2.09. The molecule has 0 radical (unpaired) electrons. The molecular formula is C17H13BrClN. The Balaban J connectivity index is 1.81. The highest BCUT2D eigenvalue weighted by Crippen LogP contribution is 2.26. The van der Waals surface area contributed by atoms with E-state index in [4.69, 9.17) is 11.6 Å². The fraction of sp³-hybridized carbons (Fsp3) is 0.0588. The molecule has 0 fully saturated rings. The Morgan fingerprint density at radius 2 is 1.70 bits per heavy atom. The van der Waals surface area contributed by atoms with Crippen molar-refractivity contribution in [3.8, 4) is 0 Å². The summed E-state index contributed by atoms with van der Waals surface area (Å²) >= 11 is 9.63. The molecule has 0 aromatic heterocycles. The molecule has 0 saturated carbocycles. The number of anilines is 1. The Kier molecular flexibility index (Phi) is 3.95. The van der Waals surface area contributed by atoms with Crippen LogP contribution in [0.15, 0.2) is 65.1 Å².